The number of esters is 1. The van der Waals surface area contributed by atoms with E-state index in [1.807, 2.05) is 0 Å². The molecule has 0 aliphatic carbocycles. The summed E-state index contributed by atoms with van der Waals surface area (Å²) >= 11 is 0. The van der Waals surface area contributed by atoms with Crippen molar-refractivity contribution in [2.24, 2.45) is 5.92 Å². The van der Waals surface area contributed by atoms with Gasteiger partial charge in [0.25, 0.3) is 11.6 Å². The summed E-state index contributed by atoms with van der Waals surface area (Å²) in [4.78, 5) is 36.8. The second kappa shape index (κ2) is 5.01. The summed E-state index contributed by atoms with van der Waals surface area (Å²) in [6.07, 6.45) is 2.11. The Morgan fingerprint density at radius 3 is 3.00 bits per heavy atom. The molecule has 1 spiro atoms. The highest BCUT2D eigenvalue weighted by molar-refractivity contribution is 6.05. The number of hydrogen-bond acceptors (Lipinski definition) is 5. The molecule has 2 N–H and O–H groups in total. The highest BCUT2D eigenvalue weighted by Gasteiger charge is 2.67. The van der Waals surface area contributed by atoms with Crippen molar-refractivity contribution in [1.82, 2.24) is 0 Å². The Labute approximate surface area is 137 Å². The zero-order valence-corrected chi connectivity index (χ0v) is 13.2. The summed E-state index contributed by atoms with van der Waals surface area (Å²) in [6, 6.07) is 4.47. The van der Waals surface area contributed by atoms with E-state index in [0.29, 0.717) is 17.7 Å². The number of methoxy groups -OCH3 is 1. The number of nitrogens with zero attached hydrogens (tertiary/aromatic N) is 1. The van der Waals surface area contributed by atoms with E-state index in [1.54, 1.807) is 6.07 Å². The molecule has 0 aromatic heterocycles. The molecule has 1 unspecified atom stereocenters. The Morgan fingerprint density at radius 1 is 1.50 bits per heavy atom. The molecule has 1 amide bonds. The molecule has 4 atom stereocenters. The fourth-order valence-electron chi connectivity index (χ4n) is 4.83. The van der Waals surface area contributed by atoms with Crippen LogP contribution in [0.5, 0.6) is 0 Å². The fraction of sp³-hybridized carbons (Fsp3) is 0.500. The van der Waals surface area contributed by atoms with E-state index >= 15 is 0 Å². The smallest absolute Gasteiger partial charge is 0.315 e. The van der Waals surface area contributed by atoms with Gasteiger partial charge in [-0.3, -0.25) is 19.7 Å². The first kappa shape index (κ1) is 15.1. The molecule has 24 heavy (non-hydrogen) atoms. The topological polar surface area (TPSA) is 103 Å². The van der Waals surface area contributed by atoms with E-state index in [-0.39, 0.29) is 29.5 Å². The van der Waals surface area contributed by atoms with Crippen molar-refractivity contribution in [3.05, 3.63) is 33.9 Å². The number of quaternary nitrogens is 1. The van der Waals surface area contributed by atoms with Crippen LogP contribution in [0.2, 0.25) is 0 Å². The largest absolute Gasteiger partial charge is 0.469 e. The minimum Gasteiger partial charge on any atom is -0.469 e. The number of carbonyl (C=O) groups excluding carboxylic acids is 2. The summed E-state index contributed by atoms with van der Waals surface area (Å²) in [5.74, 6) is -0.835. The molecule has 1 aromatic carbocycles. The maximum absolute atomic E-state index is 12.9. The molecular formula is C16H18N3O5+. The Balaban J connectivity index is 1.86. The minimum absolute atomic E-state index is 0.0217. The average molecular weight is 332 g/mol. The third-order valence-corrected chi connectivity index (χ3v) is 5.78. The number of nitro benzene ring substituents is 1. The van der Waals surface area contributed by atoms with Gasteiger partial charge < -0.3 is 15.0 Å². The summed E-state index contributed by atoms with van der Waals surface area (Å²) in [7, 11) is 1.36. The first-order chi connectivity index (χ1) is 11.5. The van der Waals surface area contributed by atoms with Crippen molar-refractivity contribution >= 4 is 23.3 Å². The molecule has 0 saturated carbocycles. The second-order valence-corrected chi connectivity index (χ2v) is 6.70. The van der Waals surface area contributed by atoms with Crippen LogP contribution in [-0.4, -0.2) is 36.5 Å². The van der Waals surface area contributed by atoms with Crippen molar-refractivity contribution in [3.63, 3.8) is 0 Å². The number of non-ortho nitro benzene ring substituents is 1. The monoisotopic (exact) mass is 332 g/mol. The predicted octanol–water partition coefficient (Wildman–Crippen LogP) is -0.0176. The third-order valence-electron chi connectivity index (χ3n) is 5.78. The van der Waals surface area contributed by atoms with E-state index < -0.39 is 10.5 Å². The van der Waals surface area contributed by atoms with Gasteiger partial charge in [0.1, 0.15) is 12.0 Å². The lowest BCUT2D eigenvalue weighted by molar-refractivity contribution is -0.947. The Morgan fingerprint density at radius 2 is 2.29 bits per heavy atom. The highest BCUT2D eigenvalue weighted by Crippen LogP contribution is 2.45. The Hall–Kier alpha value is -2.48. The number of fused-ring (bicyclic) bond motifs is 4. The van der Waals surface area contributed by atoms with Crippen LogP contribution in [0, 0.1) is 16.0 Å². The van der Waals surface area contributed by atoms with Gasteiger partial charge in [-0.15, -0.1) is 0 Å². The van der Waals surface area contributed by atoms with Crippen molar-refractivity contribution in [1.29, 1.82) is 0 Å². The lowest BCUT2D eigenvalue weighted by atomic mass is 9.84. The molecule has 3 heterocycles. The van der Waals surface area contributed by atoms with Crippen LogP contribution < -0.4 is 10.2 Å². The maximum Gasteiger partial charge on any atom is 0.315 e. The summed E-state index contributed by atoms with van der Waals surface area (Å²) in [5, 5.41) is 14.0. The molecule has 2 saturated heterocycles. The molecule has 0 radical (unpaired) electrons. The van der Waals surface area contributed by atoms with Gasteiger partial charge in [-0.1, -0.05) is 0 Å². The first-order valence-corrected chi connectivity index (χ1v) is 8.03. The van der Waals surface area contributed by atoms with Crippen molar-refractivity contribution in [3.8, 4) is 0 Å². The molecule has 8 nitrogen and oxygen atoms in total. The number of ether oxygens (including phenoxy) is 1. The SMILES string of the molecule is COC(=O)[C@H]1C[C@@]2(C(=O)Nc3ccc([N+](=O)[O-])cc32)[NH+]2CCC[C@@H]12. The van der Waals surface area contributed by atoms with Gasteiger partial charge in [-0.05, 0) is 6.07 Å². The molecular weight excluding hydrogens is 314 g/mol. The number of nitrogens with one attached hydrogen (secondary N) is 2. The fourth-order valence-corrected chi connectivity index (χ4v) is 4.83. The third kappa shape index (κ3) is 1.77. The highest BCUT2D eigenvalue weighted by atomic mass is 16.6. The summed E-state index contributed by atoms with van der Waals surface area (Å²) in [5.41, 5.74) is 0.270. The van der Waals surface area contributed by atoms with Crippen LogP contribution in [0.25, 0.3) is 0 Å². The Bertz CT molecular complexity index is 764. The zero-order valence-electron chi connectivity index (χ0n) is 13.2. The standard InChI is InChI=1S/C16H17N3O5/c1-24-14(20)10-8-16(18-6-2-3-13(10)18)11-7-9(19(22)23)4-5-12(11)17-15(16)21/h4-5,7,10,13H,2-3,6,8H2,1H3,(H,17,21)/p+1/t10-,13-,16+/m0/s1. The van der Waals surface area contributed by atoms with Crippen molar-refractivity contribution < 1.29 is 24.1 Å². The lowest BCUT2D eigenvalue weighted by Gasteiger charge is -2.29. The molecule has 2 fully saturated rings. The van der Waals surface area contributed by atoms with Crippen LogP contribution in [0.1, 0.15) is 24.8 Å². The molecule has 3 aliphatic heterocycles. The molecule has 3 aliphatic rings. The summed E-state index contributed by atoms with van der Waals surface area (Å²) in [6.45, 7) is 0.772. The summed E-state index contributed by atoms with van der Waals surface area (Å²) < 4.78 is 4.94. The van der Waals surface area contributed by atoms with Crippen LogP contribution in [0.4, 0.5) is 11.4 Å². The van der Waals surface area contributed by atoms with E-state index in [1.165, 1.54) is 19.2 Å². The first-order valence-electron chi connectivity index (χ1n) is 8.03. The molecule has 0 bridgehead atoms. The van der Waals surface area contributed by atoms with Gasteiger partial charge in [0.05, 0.1) is 29.8 Å². The van der Waals surface area contributed by atoms with Crippen molar-refractivity contribution in [2.75, 3.05) is 19.0 Å². The number of benzene rings is 1. The van der Waals surface area contributed by atoms with Gasteiger partial charge in [0, 0.05) is 31.4 Å². The van der Waals surface area contributed by atoms with E-state index in [2.05, 4.69) is 5.32 Å². The number of carbonyl (C=O) groups is 2. The molecule has 4 rings (SSSR count). The molecule has 1 aromatic rings. The quantitative estimate of drug-likeness (QED) is 0.450. The van der Waals surface area contributed by atoms with Gasteiger partial charge in [-0.25, -0.2) is 0 Å². The van der Waals surface area contributed by atoms with Crippen molar-refractivity contribution in [2.45, 2.75) is 30.8 Å². The van der Waals surface area contributed by atoms with Crippen LogP contribution >= 0.6 is 0 Å². The van der Waals surface area contributed by atoms with E-state index in [4.69, 9.17) is 4.74 Å². The second-order valence-electron chi connectivity index (χ2n) is 6.70. The molecule has 126 valence electrons. The number of amides is 1. The Kier molecular flexibility index (Phi) is 3.14. The zero-order chi connectivity index (χ0) is 17.1. The van der Waals surface area contributed by atoms with Gasteiger partial charge in [0.15, 0.2) is 0 Å². The van der Waals surface area contributed by atoms with Gasteiger partial charge in [-0.2, -0.15) is 0 Å². The molecule has 8 heteroatoms. The van der Waals surface area contributed by atoms with Crippen LogP contribution in [0.15, 0.2) is 18.2 Å². The number of nitro groups is 1. The predicted molar refractivity (Wildman–Crippen MR) is 82.4 cm³/mol. The van der Waals surface area contributed by atoms with Crippen LogP contribution in [0.3, 0.4) is 0 Å². The number of anilines is 1. The average Bonchev–Trinajstić information content (AvgIpc) is 3.22. The minimum atomic E-state index is -0.929. The van der Waals surface area contributed by atoms with Crippen LogP contribution in [-0.2, 0) is 19.9 Å². The lowest BCUT2D eigenvalue weighted by Crippen LogP contribution is -3.19. The normalized spacial score (nSPS) is 33.2. The number of rotatable bonds is 2. The maximum atomic E-state index is 12.9. The number of hydrogen-bond donors (Lipinski definition) is 2. The van der Waals surface area contributed by atoms with Gasteiger partial charge >= 0.3 is 5.97 Å². The van der Waals surface area contributed by atoms with Gasteiger partial charge in [0.2, 0.25) is 5.54 Å². The van der Waals surface area contributed by atoms with E-state index in [0.717, 1.165) is 24.3 Å². The van der Waals surface area contributed by atoms with E-state index in [9.17, 15) is 19.7 Å².